The topological polar surface area (TPSA) is 79.2 Å². The van der Waals surface area contributed by atoms with Crippen molar-refractivity contribution in [3.8, 4) is 5.75 Å². The van der Waals surface area contributed by atoms with Crippen LogP contribution in [0.25, 0.3) is 0 Å². The van der Waals surface area contributed by atoms with Crippen molar-refractivity contribution in [1.29, 1.82) is 0 Å². The molecule has 2 aromatic carbocycles. The maximum Gasteiger partial charge on any atom is 0.333 e. The average molecular weight is 410 g/mol. The number of carbonyl (C=O) groups is 1. The van der Waals surface area contributed by atoms with Gasteiger partial charge in [-0.15, -0.1) is 0 Å². The van der Waals surface area contributed by atoms with E-state index < -0.39 is 0 Å². The number of nitro groups is 1. The molecule has 2 aromatic rings. The number of rotatable bonds is 6. The SMILES string of the molecule is CCOc1cccc(N2CCN(C3CCN(c4ccccc4)C3=O)CC2)c1[N+](=O)[O-]. The molecular formula is C22H26N4O4. The van der Waals surface area contributed by atoms with Gasteiger partial charge in [0.15, 0.2) is 5.75 Å². The second-order valence-electron chi connectivity index (χ2n) is 7.47. The summed E-state index contributed by atoms with van der Waals surface area (Å²) in [7, 11) is 0. The molecule has 1 unspecified atom stereocenters. The summed E-state index contributed by atoms with van der Waals surface area (Å²) in [6, 6.07) is 14.8. The Morgan fingerprint density at radius 3 is 2.43 bits per heavy atom. The third kappa shape index (κ3) is 3.82. The predicted molar refractivity (Wildman–Crippen MR) is 115 cm³/mol. The van der Waals surface area contributed by atoms with Gasteiger partial charge in [-0.3, -0.25) is 19.8 Å². The molecule has 8 heteroatoms. The number of nitrogens with zero attached hydrogens (tertiary/aromatic N) is 4. The highest BCUT2D eigenvalue weighted by molar-refractivity contribution is 5.99. The van der Waals surface area contributed by atoms with Gasteiger partial charge in [0.25, 0.3) is 0 Å². The molecule has 30 heavy (non-hydrogen) atoms. The van der Waals surface area contributed by atoms with Crippen LogP contribution in [0.3, 0.4) is 0 Å². The Bertz CT molecular complexity index is 913. The highest BCUT2D eigenvalue weighted by Crippen LogP contribution is 2.38. The van der Waals surface area contributed by atoms with Gasteiger partial charge in [0.2, 0.25) is 5.91 Å². The molecule has 2 heterocycles. The van der Waals surface area contributed by atoms with Gasteiger partial charge in [-0.25, -0.2) is 0 Å². The molecule has 1 amide bonds. The Balaban J connectivity index is 1.44. The molecule has 0 aromatic heterocycles. The monoisotopic (exact) mass is 410 g/mol. The lowest BCUT2D eigenvalue weighted by atomic mass is 10.1. The Morgan fingerprint density at radius 2 is 1.77 bits per heavy atom. The Morgan fingerprint density at radius 1 is 1.03 bits per heavy atom. The van der Waals surface area contributed by atoms with Crippen molar-refractivity contribution >= 4 is 23.0 Å². The quantitative estimate of drug-likeness (QED) is 0.538. The smallest absolute Gasteiger partial charge is 0.333 e. The molecule has 2 fully saturated rings. The first-order chi connectivity index (χ1) is 14.6. The third-order valence-corrected chi connectivity index (χ3v) is 5.80. The number of anilines is 2. The summed E-state index contributed by atoms with van der Waals surface area (Å²) in [5.41, 5.74) is 1.53. The van der Waals surface area contributed by atoms with Gasteiger partial charge in [-0.1, -0.05) is 24.3 Å². The standard InChI is InChI=1S/C22H26N4O4/c1-2-30-20-10-6-9-18(21(20)26(28)29)23-13-15-24(16-14-23)19-11-12-25(22(19)27)17-7-4-3-5-8-17/h3-10,19H,2,11-16H2,1H3. The molecule has 0 radical (unpaired) electrons. The maximum atomic E-state index is 13.0. The van der Waals surface area contributed by atoms with E-state index in [2.05, 4.69) is 4.90 Å². The number of para-hydroxylation sites is 2. The fourth-order valence-corrected chi connectivity index (χ4v) is 4.36. The first-order valence-electron chi connectivity index (χ1n) is 10.4. The van der Waals surface area contributed by atoms with Gasteiger partial charge in [0.05, 0.1) is 17.6 Å². The molecule has 0 N–H and O–H groups in total. The fraction of sp³-hybridized carbons (Fsp3) is 0.409. The van der Waals surface area contributed by atoms with Crippen LogP contribution < -0.4 is 14.5 Å². The average Bonchev–Trinajstić information content (AvgIpc) is 3.15. The molecule has 0 bridgehead atoms. The van der Waals surface area contributed by atoms with E-state index in [1.165, 1.54) is 0 Å². The van der Waals surface area contributed by atoms with E-state index in [-0.39, 0.29) is 22.6 Å². The first-order valence-corrected chi connectivity index (χ1v) is 10.4. The van der Waals surface area contributed by atoms with Crippen LogP contribution >= 0.6 is 0 Å². The van der Waals surface area contributed by atoms with Gasteiger partial charge in [0, 0.05) is 38.4 Å². The lowest BCUT2D eigenvalue weighted by Gasteiger charge is -2.38. The van der Waals surface area contributed by atoms with Crippen LogP contribution in [0.2, 0.25) is 0 Å². The first kappa shape index (κ1) is 20.2. The maximum absolute atomic E-state index is 13.0. The molecule has 0 saturated carbocycles. The zero-order valence-electron chi connectivity index (χ0n) is 17.1. The number of amides is 1. The van der Waals surface area contributed by atoms with E-state index in [0.717, 1.165) is 18.7 Å². The highest BCUT2D eigenvalue weighted by Gasteiger charge is 2.38. The number of ether oxygens (including phenoxy) is 1. The Kier molecular flexibility index (Phi) is 5.85. The highest BCUT2D eigenvalue weighted by atomic mass is 16.6. The minimum atomic E-state index is -0.370. The summed E-state index contributed by atoms with van der Waals surface area (Å²) in [6.07, 6.45) is 0.799. The largest absolute Gasteiger partial charge is 0.487 e. The van der Waals surface area contributed by atoms with Gasteiger partial charge in [-0.05, 0) is 37.6 Å². The number of hydrogen-bond donors (Lipinski definition) is 0. The van der Waals surface area contributed by atoms with Crippen molar-refractivity contribution in [3.63, 3.8) is 0 Å². The van der Waals surface area contributed by atoms with Crippen LogP contribution in [0.4, 0.5) is 17.1 Å². The van der Waals surface area contributed by atoms with Gasteiger partial charge >= 0.3 is 5.69 Å². The fourth-order valence-electron chi connectivity index (χ4n) is 4.36. The minimum absolute atomic E-state index is 0.0139. The summed E-state index contributed by atoms with van der Waals surface area (Å²) in [6.45, 7) is 5.54. The van der Waals surface area contributed by atoms with Crippen LogP contribution in [-0.2, 0) is 4.79 Å². The summed E-state index contributed by atoms with van der Waals surface area (Å²) in [5.74, 6) is 0.436. The van der Waals surface area contributed by atoms with Crippen LogP contribution in [0, 0.1) is 10.1 Å². The predicted octanol–water partition coefficient (Wildman–Crippen LogP) is 2.92. The van der Waals surface area contributed by atoms with Gasteiger partial charge in [-0.2, -0.15) is 0 Å². The molecule has 158 valence electrons. The van der Waals surface area contributed by atoms with Crippen LogP contribution in [0.5, 0.6) is 5.75 Å². The van der Waals surface area contributed by atoms with Crippen molar-refractivity contribution in [1.82, 2.24) is 4.90 Å². The molecule has 4 rings (SSSR count). The van der Waals surface area contributed by atoms with E-state index in [0.29, 0.717) is 44.2 Å². The number of carbonyl (C=O) groups excluding carboxylic acids is 1. The Hall–Kier alpha value is -3.13. The van der Waals surface area contributed by atoms with Gasteiger partial charge in [0.1, 0.15) is 5.69 Å². The zero-order chi connectivity index (χ0) is 21.1. The molecule has 0 spiro atoms. The molecule has 2 aliphatic rings. The second kappa shape index (κ2) is 8.71. The van der Waals surface area contributed by atoms with Gasteiger partial charge < -0.3 is 14.5 Å². The van der Waals surface area contributed by atoms with Crippen molar-refractivity contribution in [2.75, 3.05) is 49.1 Å². The molecule has 2 aliphatic heterocycles. The van der Waals surface area contributed by atoms with E-state index in [9.17, 15) is 14.9 Å². The minimum Gasteiger partial charge on any atom is -0.487 e. The van der Waals surface area contributed by atoms with Crippen molar-refractivity contribution in [2.24, 2.45) is 0 Å². The summed E-state index contributed by atoms with van der Waals surface area (Å²) >= 11 is 0. The lowest BCUT2D eigenvalue weighted by Crippen LogP contribution is -2.52. The van der Waals surface area contributed by atoms with Crippen LogP contribution in [-0.4, -0.2) is 61.1 Å². The van der Waals surface area contributed by atoms with Crippen molar-refractivity contribution in [2.45, 2.75) is 19.4 Å². The normalized spacial score (nSPS) is 19.9. The molecule has 0 aliphatic carbocycles. The molecule has 2 saturated heterocycles. The number of nitro benzene ring substituents is 1. The zero-order valence-corrected chi connectivity index (χ0v) is 17.1. The van der Waals surface area contributed by atoms with E-state index in [1.807, 2.05) is 47.1 Å². The van der Waals surface area contributed by atoms with E-state index >= 15 is 0 Å². The second-order valence-corrected chi connectivity index (χ2v) is 7.47. The van der Waals surface area contributed by atoms with Crippen molar-refractivity contribution in [3.05, 3.63) is 58.6 Å². The van der Waals surface area contributed by atoms with E-state index in [4.69, 9.17) is 4.74 Å². The number of piperazine rings is 1. The van der Waals surface area contributed by atoms with E-state index in [1.54, 1.807) is 18.2 Å². The third-order valence-electron chi connectivity index (χ3n) is 5.80. The van der Waals surface area contributed by atoms with Crippen LogP contribution in [0.15, 0.2) is 48.5 Å². The van der Waals surface area contributed by atoms with Crippen LogP contribution in [0.1, 0.15) is 13.3 Å². The van der Waals surface area contributed by atoms with Crippen molar-refractivity contribution < 1.29 is 14.5 Å². The Labute approximate surface area is 175 Å². The summed E-state index contributed by atoms with van der Waals surface area (Å²) < 4.78 is 5.47. The summed E-state index contributed by atoms with van der Waals surface area (Å²) in [4.78, 5) is 30.4. The molecular weight excluding hydrogens is 384 g/mol. The number of benzene rings is 2. The lowest BCUT2D eigenvalue weighted by molar-refractivity contribution is -0.385. The summed E-state index contributed by atoms with van der Waals surface area (Å²) in [5, 5.41) is 11.7. The molecule has 1 atom stereocenters. The number of hydrogen-bond acceptors (Lipinski definition) is 6. The molecule has 8 nitrogen and oxygen atoms in total.